The molecular weight excluding hydrogens is 323 g/mol. The van der Waals surface area contributed by atoms with E-state index >= 15 is 0 Å². The second-order valence-corrected chi connectivity index (χ2v) is 5.77. The van der Waals surface area contributed by atoms with Crippen molar-refractivity contribution >= 4 is 21.8 Å². The third kappa shape index (κ3) is 3.48. The maximum absolute atomic E-state index is 13.1. The summed E-state index contributed by atoms with van der Waals surface area (Å²) in [6.45, 7) is 4.32. The Morgan fingerprint density at radius 3 is 2.80 bits per heavy atom. The van der Waals surface area contributed by atoms with Crippen LogP contribution in [0.1, 0.15) is 35.9 Å². The predicted octanol–water partition coefficient (Wildman–Crippen LogP) is 3.90. The van der Waals surface area contributed by atoms with Crippen molar-refractivity contribution in [1.29, 1.82) is 0 Å². The van der Waals surface area contributed by atoms with Crippen LogP contribution in [0.2, 0.25) is 0 Å². The lowest BCUT2D eigenvalue weighted by Crippen LogP contribution is -2.25. The van der Waals surface area contributed by atoms with Crippen LogP contribution < -0.4 is 5.32 Å². The van der Waals surface area contributed by atoms with Gasteiger partial charge in [-0.15, -0.1) is 0 Å². The van der Waals surface area contributed by atoms with Crippen molar-refractivity contribution in [3.05, 3.63) is 58.1 Å². The normalized spacial score (nSPS) is 10.8. The summed E-state index contributed by atoms with van der Waals surface area (Å²) in [6, 6.07) is 8.17. The molecular formula is C15H16BrFN2O. The van der Waals surface area contributed by atoms with Crippen LogP contribution in [-0.4, -0.2) is 10.5 Å². The number of halogens is 2. The van der Waals surface area contributed by atoms with E-state index in [1.54, 1.807) is 18.2 Å². The molecule has 20 heavy (non-hydrogen) atoms. The number of aromatic nitrogens is 1. The van der Waals surface area contributed by atoms with Gasteiger partial charge in [-0.2, -0.15) is 0 Å². The summed E-state index contributed by atoms with van der Waals surface area (Å²) in [6.07, 6.45) is 1.88. The van der Waals surface area contributed by atoms with Crippen molar-refractivity contribution < 1.29 is 9.18 Å². The standard InChI is InChI=1S/C15H16BrFN2O/c1-10(2)19-9-12(16)7-14(19)15(20)18-8-11-4-3-5-13(17)6-11/h3-7,9-10H,8H2,1-2H3,(H,18,20). The van der Waals surface area contributed by atoms with Crippen molar-refractivity contribution in [2.45, 2.75) is 26.4 Å². The van der Waals surface area contributed by atoms with Gasteiger partial charge in [0.2, 0.25) is 0 Å². The van der Waals surface area contributed by atoms with Crippen LogP contribution in [0.5, 0.6) is 0 Å². The minimum atomic E-state index is -0.301. The third-order valence-corrected chi connectivity index (χ3v) is 3.38. The number of nitrogens with zero attached hydrogens (tertiary/aromatic N) is 1. The molecule has 0 aliphatic carbocycles. The first-order chi connectivity index (χ1) is 9.47. The van der Waals surface area contributed by atoms with Crippen molar-refractivity contribution in [3.63, 3.8) is 0 Å². The first-order valence-corrected chi connectivity index (χ1v) is 7.16. The molecule has 1 aromatic carbocycles. The Kier molecular flexibility index (Phi) is 4.60. The lowest BCUT2D eigenvalue weighted by Gasteiger charge is -2.12. The van der Waals surface area contributed by atoms with Gasteiger partial charge in [0.05, 0.1) is 0 Å². The summed E-state index contributed by atoms with van der Waals surface area (Å²) in [5.74, 6) is -0.473. The van der Waals surface area contributed by atoms with Gasteiger partial charge in [-0.25, -0.2) is 4.39 Å². The van der Waals surface area contributed by atoms with E-state index in [4.69, 9.17) is 0 Å². The fourth-order valence-corrected chi connectivity index (χ4v) is 2.41. The second kappa shape index (κ2) is 6.22. The molecule has 0 radical (unpaired) electrons. The number of carbonyl (C=O) groups is 1. The minimum absolute atomic E-state index is 0.173. The molecule has 0 aliphatic rings. The summed E-state index contributed by atoms with van der Waals surface area (Å²) < 4.78 is 15.8. The predicted molar refractivity (Wildman–Crippen MR) is 80.1 cm³/mol. The molecule has 0 saturated heterocycles. The van der Waals surface area contributed by atoms with E-state index in [1.165, 1.54) is 12.1 Å². The Balaban J connectivity index is 2.09. The summed E-state index contributed by atoms with van der Waals surface area (Å²) >= 11 is 3.37. The van der Waals surface area contributed by atoms with Gasteiger partial charge in [-0.1, -0.05) is 12.1 Å². The van der Waals surface area contributed by atoms with E-state index in [2.05, 4.69) is 21.2 Å². The first-order valence-electron chi connectivity index (χ1n) is 6.37. The molecule has 1 amide bonds. The van der Waals surface area contributed by atoms with Crippen LogP contribution in [-0.2, 0) is 6.54 Å². The number of carbonyl (C=O) groups excluding carboxylic acids is 1. The van der Waals surface area contributed by atoms with Crippen molar-refractivity contribution in [2.75, 3.05) is 0 Å². The highest BCUT2D eigenvalue weighted by molar-refractivity contribution is 9.10. The van der Waals surface area contributed by atoms with E-state index in [-0.39, 0.29) is 17.8 Å². The van der Waals surface area contributed by atoms with Crippen molar-refractivity contribution in [1.82, 2.24) is 9.88 Å². The van der Waals surface area contributed by atoms with Gasteiger partial charge in [-0.3, -0.25) is 4.79 Å². The number of hydrogen-bond acceptors (Lipinski definition) is 1. The second-order valence-electron chi connectivity index (χ2n) is 4.86. The molecule has 1 N–H and O–H groups in total. The molecule has 0 aliphatic heterocycles. The van der Waals surface area contributed by atoms with Gasteiger partial charge in [0.1, 0.15) is 11.5 Å². The van der Waals surface area contributed by atoms with Crippen LogP contribution in [0.15, 0.2) is 41.0 Å². The Morgan fingerprint density at radius 1 is 1.40 bits per heavy atom. The molecule has 2 aromatic rings. The molecule has 0 bridgehead atoms. The Labute approximate surface area is 125 Å². The van der Waals surface area contributed by atoms with E-state index in [9.17, 15) is 9.18 Å². The van der Waals surface area contributed by atoms with Crippen LogP contribution in [0.4, 0.5) is 4.39 Å². The van der Waals surface area contributed by atoms with E-state index in [0.29, 0.717) is 12.2 Å². The summed E-state index contributed by atoms with van der Waals surface area (Å²) in [4.78, 5) is 12.2. The van der Waals surface area contributed by atoms with E-state index in [0.717, 1.165) is 10.0 Å². The molecule has 3 nitrogen and oxygen atoms in total. The van der Waals surface area contributed by atoms with Gasteiger partial charge in [0, 0.05) is 23.3 Å². The van der Waals surface area contributed by atoms with Crippen molar-refractivity contribution in [2.24, 2.45) is 0 Å². The largest absolute Gasteiger partial charge is 0.347 e. The number of nitrogens with one attached hydrogen (secondary N) is 1. The highest BCUT2D eigenvalue weighted by Gasteiger charge is 2.14. The average molecular weight is 339 g/mol. The summed E-state index contributed by atoms with van der Waals surface area (Å²) in [5.41, 5.74) is 1.32. The quantitative estimate of drug-likeness (QED) is 0.901. The van der Waals surface area contributed by atoms with Gasteiger partial charge < -0.3 is 9.88 Å². The summed E-state index contributed by atoms with van der Waals surface area (Å²) in [5, 5.41) is 2.80. The van der Waals surface area contributed by atoms with Gasteiger partial charge in [0.25, 0.3) is 5.91 Å². The van der Waals surface area contributed by atoms with Crippen LogP contribution in [0, 0.1) is 5.82 Å². The van der Waals surface area contributed by atoms with Crippen LogP contribution >= 0.6 is 15.9 Å². The highest BCUT2D eigenvalue weighted by Crippen LogP contribution is 2.19. The van der Waals surface area contributed by atoms with Crippen molar-refractivity contribution in [3.8, 4) is 0 Å². The van der Waals surface area contributed by atoms with Gasteiger partial charge in [-0.05, 0) is 53.5 Å². The molecule has 2 rings (SSSR count). The molecule has 1 heterocycles. The van der Waals surface area contributed by atoms with Crippen LogP contribution in [0.3, 0.4) is 0 Å². The number of benzene rings is 1. The van der Waals surface area contributed by atoms with E-state index in [1.807, 2.05) is 24.6 Å². The average Bonchev–Trinajstić information content (AvgIpc) is 2.78. The third-order valence-electron chi connectivity index (χ3n) is 2.95. The molecule has 1 aromatic heterocycles. The fourth-order valence-electron chi connectivity index (χ4n) is 1.97. The molecule has 106 valence electrons. The van der Waals surface area contributed by atoms with Gasteiger partial charge in [0.15, 0.2) is 0 Å². The smallest absolute Gasteiger partial charge is 0.268 e. The zero-order valence-corrected chi connectivity index (χ0v) is 12.9. The molecule has 0 saturated carbocycles. The minimum Gasteiger partial charge on any atom is -0.347 e. The first kappa shape index (κ1) is 14.8. The molecule has 0 fully saturated rings. The lowest BCUT2D eigenvalue weighted by atomic mass is 10.2. The molecule has 0 spiro atoms. The maximum atomic E-state index is 13.1. The van der Waals surface area contributed by atoms with Crippen LogP contribution in [0.25, 0.3) is 0 Å². The summed E-state index contributed by atoms with van der Waals surface area (Å²) in [7, 11) is 0. The highest BCUT2D eigenvalue weighted by atomic mass is 79.9. The zero-order valence-electron chi connectivity index (χ0n) is 11.4. The Morgan fingerprint density at radius 2 is 2.15 bits per heavy atom. The fraction of sp³-hybridized carbons (Fsp3) is 0.267. The zero-order chi connectivity index (χ0) is 14.7. The lowest BCUT2D eigenvalue weighted by molar-refractivity contribution is 0.0940. The topological polar surface area (TPSA) is 34.0 Å². The Hall–Kier alpha value is -1.62. The number of hydrogen-bond donors (Lipinski definition) is 1. The molecule has 0 unspecified atom stereocenters. The van der Waals surface area contributed by atoms with E-state index < -0.39 is 0 Å². The monoisotopic (exact) mass is 338 g/mol. The molecule has 5 heteroatoms. The SMILES string of the molecule is CC(C)n1cc(Br)cc1C(=O)NCc1cccc(F)c1. The number of rotatable bonds is 4. The maximum Gasteiger partial charge on any atom is 0.268 e. The molecule has 0 atom stereocenters. The Bertz CT molecular complexity index is 622. The van der Waals surface area contributed by atoms with Gasteiger partial charge >= 0.3 is 0 Å². The number of amides is 1.